The number of epoxide rings is 1. The van der Waals surface area contributed by atoms with Gasteiger partial charge in [-0.15, -0.1) is 6.58 Å². The molecule has 1 rings (SSSR count). The van der Waals surface area contributed by atoms with Gasteiger partial charge < -0.3 is 4.74 Å². The van der Waals surface area contributed by atoms with E-state index in [1.54, 1.807) is 0 Å². The molecule has 58 valence electrons. The zero-order valence-corrected chi connectivity index (χ0v) is 7.05. The molecule has 1 aliphatic rings. The lowest BCUT2D eigenvalue weighted by atomic mass is 9.96. The van der Waals surface area contributed by atoms with Gasteiger partial charge >= 0.3 is 0 Å². The lowest BCUT2D eigenvalue weighted by Crippen LogP contribution is -2.11. The highest BCUT2D eigenvalue weighted by molar-refractivity contribution is 5.08. The fraction of sp³-hybridized carbons (Fsp3) is 0.778. The molecule has 10 heavy (non-hydrogen) atoms. The highest BCUT2D eigenvalue weighted by atomic mass is 16.6. The van der Waals surface area contributed by atoms with Crippen LogP contribution in [-0.4, -0.2) is 11.7 Å². The van der Waals surface area contributed by atoms with Crippen molar-refractivity contribution in [2.24, 2.45) is 5.92 Å². The smallest absolute Gasteiger partial charge is 0.105 e. The summed E-state index contributed by atoms with van der Waals surface area (Å²) in [5, 5.41) is 0. The SMILES string of the molecule is C=CC1OC1(C)CC(C)C. The molecule has 0 N–H and O–H groups in total. The summed E-state index contributed by atoms with van der Waals surface area (Å²) in [5.74, 6) is 0.718. The van der Waals surface area contributed by atoms with Crippen LogP contribution in [0.5, 0.6) is 0 Å². The Morgan fingerprint density at radius 2 is 2.30 bits per heavy atom. The van der Waals surface area contributed by atoms with Gasteiger partial charge in [-0.1, -0.05) is 19.9 Å². The average Bonchev–Trinajstić information content (AvgIpc) is 2.39. The predicted octanol–water partition coefficient (Wildman–Crippen LogP) is 2.38. The van der Waals surface area contributed by atoms with E-state index < -0.39 is 0 Å². The monoisotopic (exact) mass is 140 g/mol. The largest absolute Gasteiger partial charge is 0.362 e. The second-order valence-electron chi connectivity index (χ2n) is 3.68. The van der Waals surface area contributed by atoms with Crippen LogP contribution in [-0.2, 0) is 4.74 Å². The fourth-order valence-electron chi connectivity index (χ4n) is 1.53. The van der Waals surface area contributed by atoms with Crippen molar-refractivity contribution in [2.45, 2.75) is 38.9 Å². The van der Waals surface area contributed by atoms with Gasteiger partial charge in [-0.05, 0) is 19.3 Å². The molecule has 1 saturated heterocycles. The third kappa shape index (κ3) is 1.40. The van der Waals surface area contributed by atoms with E-state index in [2.05, 4.69) is 27.4 Å². The molecule has 0 aromatic rings. The summed E-state index contributed by atoms with van der Waals surface area (Å²) < 4.78 is 5.45. The van der Waals surface area contributed by atoms with Crippen LogP contribution >= 0.6 is 0 Å². The second-order valence-corrected chi connectivity index (χ2v) is 3.68. The van der Waals surface area contributed by atoms with Crippen LogP contribution in [0.15, 0.2) is 12.7 Å². The molecule has 1 fully saturated rings. The number of hydrogen-bond donors (Lipinski definition) is 0. The minimum atomic E-state index is 0.121. The summed E-state index contributed by atoms with van der Waals surface area (Å²) >= 11 is 0. The maximum absolute atomic E-state index is 5.45. The molecule has 0 aromatic heterocycles. The van der Waals surface area contributed by atoms with E-state index >= 15 is 0 Å². The minimum absolute atomic E-state index is 0.121. The van der Waals surface area contributed by atoms with Crippen molar-refractivity contribution in [3.63, 3.8) is 0 Å². The molecule has 0 aromatic carbocycles. The molecule has 2 atom stereocenters. The molecule has 0 aliphatic carbocycles. The fourth-order valence-corrected chi connectivity index (χ4v) is 1.53. The van der Waals surface area contributed by atoms with E-state index in [1.165, 1.54) is 0 Å². The highest BCUT2D eigenvalue weighted by Crippen LogP contribution is 2.41. The molecular formula is C9H16O. The topological polar surface area (TPSA) is 12.5 Å². The zero-order chi connectivity index (χ0) is 7.78. The molecule has 1 nitrogen and oxygen atoms in total. The van der Waals surface area contributed by atoms with Crippen molar-refractivity contribution in [2.75, 3.05) is 0 Å². The zero-order valence-electron chi connectivity index (χ0n) is 7.05. The second kappa shape index (κ2) is 2.39. The Hall–Kier alpha value is -0.300. The van der Waals surface area contributed by atoms with Gasteiger partial charge in [0.1, 0.15) is 6.10 Å². The van der Waals surface area contributed by atoms with Gasteiger partial charge in [0.2, 0.25) is 0 Å². The Morgan fingerprint density at radius 3 is 2.60 bits per heavy atom. The molecule has 0 spiro atoms. The number of ether oxygens (including phenoxy) is 1. The summed E-state index contributed by atoms with van der Waals surface area (Å²) in [7, 11) is 0. The Balaban J connectivity index is 2.36. The van der Waals surface area contributed by atoms with Crippen molar-refractivity contribution >= 4 is 0 Å². The van der Waals surface area contributed by atoms with E-state index in [4.69, 9.17) is 4.74 Å². The Kier molecular flexibility index (Phi) is 1.86. The summed E-state index contributed by atoms with van der Waals surface area (Å²) in [4.78, 5) is 0. The third-order valence-electron chi connectivity index (χ3n) is 1.97. The van der Waals surface area contributed by atoms with Crippen molar-refractivity contribution < 1.29 is 4.74 Å². The molecule has 0 bridgehead atoms. The van der Waals surface area contributed by atoms with Gasteiger partial charge in [0.15, 0.2) is 0 Å². The Bertz CT molecular complexity index is 140. The quantitative estimate of drug-likeness (QED) is 0.433. The first-order chi connectivity index (χ1) is 4.58. The summed E-state index contributed by atoms with van der Waals surface area (Å²) in [5.41, 5.74) is 0.121. The van der Waals surface area contributed by atoms with Crippen LogP contribution in [0.4, 0.5) is 0 Å². The van der Waals surface area contributed by atoms with Gasteiger partial charge in [-0.3, -0.25) is 0 Å². The first-order valence-corrected chi connectivity index (χ1v) is 3.89. The van der Waals surface area contributed by atoms with Gasteiger partial charge in [-0.2, -0.15) is 0 Å². The van der Waals surface area contributed by atoms with Crippen LogP contribution in [0, 0.1) is 5.92 Å². The van der Waals surface area contributed by atoms with Crippen molar-refractivity contribution in [3.05, 3.63) is 12.7 Å². The van der Waals surface area contributed by atoms with Crippen molar-refractivity contribution in [1.29, 1.82) is 0 Å². The first-order valence-electron chi connectivity index (χ1n) is 3.89. The predicted molar refractivity (Wildman–Crippen MR) is 42.9 cm³/mol. The van der Waals surface area contributed by atoms with Crippen LogP contribution in [0.1, 0.15) is 27.2 Å². The lowest BCUT2D eigenvalue weighted by molar-refractivity contribution is 0.279. The van der Waals surface area contributed by atoms with Gasteiger partial charge in [-0.25, -0.2) is 0 Å². The van der Waals surface area contributed by atoms with Crippen LogP contribution in [0.25, 0.3) is 0 Å². The molecule has 0 amide bonds. The molecular weight excluding hydrogens is 124 g/mol. The standard InChI is InChI=1S/C9H16O/c1-5-8-9(4,10-8)6-7(2)3/h5,7-8H,1,6H2,2-4H3. The van der Waals surface area contributed by atoms with Crippen LogP contribution < -0.4 is 0 Å². The molecule has 2 unspecified atom stereocenters. The van der Waals surface area contributed by atoms with Crippen LogP contribution in [0.3, 0.4) is 0 Å². The maximum Gasteiger partial charge on any atom is 0.105 e. The molecule has 1 aliphatic heterocycles. The lowest BCUT2D eigenvalue weighted by Gasteiger charge is -2.07. The van der Waals surface area contributed by atoms with E-state index in [1.807, 2.05) is 6.08 Å². The Morgan fingerprint density at radius 1 is 1.70 bits per heavy atom. The summed E-state index contributed by atoms with van der Waals surface area (Å²) in [6.07, 6.45) is 3.35. The molecule has 0 saturated carbocycles. The van der Waals surface area contributed by atoms with Gasteiger partial charge in [0.25, 0.3) is 0 Å². The number of rotatable bonds is 3. The molecule has 0 radical (unpaired) electrons. The summed E-state index contributed by atoms with van der Waals surface area (Å²) in [6, 6.07) is 0. The first kappa shape index (κ1) is 7.80. The third-order valence-corrected chi connectivity index (χ3v) is 1.97. The van der Waals surface area contributed by atoms with Gasteiger partial charge in [0, 0.05) is 0 Å². The van der Waals surface area contributed by atoms with Gasteiger partial charge in [0.05, 0.1) is 5.60 Å². The maximum atomic E-state index is 5.45. The molecule has 1 heteroatoms. The number of hydrogen-bond acceptors (Lipinski definition) is 1. The van der Waals surface area contributed by atoms with Crippen LogP contribution in [0.2, 0.25) is 0 Å². The normalized spacial score (nSPS) is 38.2. The van der Waals surface area contributed by atoms with Crippen molar-refractivity contribution in [1.82, 2.24) is 0 Å². The van der Waals surface area contributed by atoms with E-state index in [-0.39, 0.29) is 5.60 Å². The summed E-state index contributed by atoms with van der Waals surface area (Å²) in [6.45, 7) is 10.3. The average molecular weight is 140 g/mol. The van der Waals surface area contributed by atoms with E-state index in [9.17, 15) is 0 Å². The van der Waals surface area contributed by atoms with E-state index in [0.717, 1.165) is 12.3 Å². The molecule has 1 heterocycles. The minimum Gasteiger partial charge on any atom is -0.362 e. The highest BCUT2D eigenvalue weighted by Gasteiger charge is 2.49. The van der Waals surface area contributed by atoms with Crippen molar-refractivity contribution in [3.8, 4) is 0 Å². The van der Waals surface area contributed by atoms with E-state index in [0.29, 0.717) is 6.10 Å². The Labute approximate surface area is 63.1 Å².